The van der Waals surface area contributed by atoms with Crippen molar-refractivity contribution in [2.75, 3.05) is 0 Å². The van der Waals surface area contributed by atoms with E-state index < -0.39 is 5.24 Å². The highest BCUT2D eigenvalue weighted by Gasteiger charge is 2.13. The molecule has 4 nitrogen and oxygen atoms in total. The van der Waals surface area contributed by atoms with Crippen LogP contribution in [0, 0.1) is 11.3 Å². The molecule has 2 aromatic rings. The number of benzene rings is 1. The molecule has 0 aliphatic carbocycles. The smallest absolute Gasteiger partial charge is 0.253 e. The molecular weight excluding hydrogens is 202 g/mol. The van der Waals surface area contributed by atoms with Gasteiger partial charge in [0, 0.05) is 0 Å². The van der Waals surface area contributed by atoms with E-state index in [4.69, 9.17) is 16.9 Å². The number of fused-ring (bicyclic) bond motifs is 1. The van der Waals surface area contributed by atoms with Crippen molar-refractivity contribution in [3.63, 3.8) is 0 Å². The Morgan fingerprint density at radius 1 is 1.57 bits per heavy atom. The Morgan fingerprint density at radius 2 is 2.36 bits per heavy atom. The van der Waals surface area contributed by atoms with Gasteiger partial charge in [0.2, 0.25) is 0 Å². The first-order valence-electron chi connectivity index (χ1n) is 3.80. The Hall–Kier alpha value is -1.86. The maximum absolute atomic E-state index is 11.0. The van der Waals surface area contributed by atoms with Crippen molar-refractivity contribution >= 4 is 27.9 Å². The molecule has 0 bridgehead atoms. The first-order valence-corrected chi connectivity index (χ1v) is 4.18. The molecule has 0 saturated heterocycles. The minimum Gasteiger partial charge on any atom is -0.345 e. The molecule has 68 valence electrons. The maximum Gasteiger partial charge on any atom is 0.253 e. The third kappa shape index (κ3) is 1.15. The summed E-state index contributed by atoms with van der Waals surface area (Å²) in [7, 11) is 0. The van der Waals surface area contributed by atoms with Gasteiger partial charge in [-0.05, 0) is 23.7 Å². The van der Waals surface area contributed by atoms with Gasteiger partial charge >= 0.3 is 0 Å². The maximum atomic E-state index is 11.0. The molecule has 0 radical (unpaired) electrons. The predicted octanol–water partition coefficient (Wildman–Crippen LogP) is 1.81. The fourth-order valence-electron chi connectivity index (χ4n) is 1.29. The summed E-state index contributed by atoms with van der Waals surface area (Å²) >= 11 is 5.33. The summed E-state index contributed by atoms with van der Waals surface area (Å²) in [6, 6.07) is 5.09. The fourth-order valence-corrected chi connectivity index (χ4v) is 1.44. The lowest BCUT2D eigenvalue weighted by Crippen LogP contribution is -1.94. The van der Waals surface area contributed by atoms with Crippen molar-refractivity contribution in [2.45, 2.75) is 0 Å². The molecule has 0 aliphatic heterocycles. The summed E-state index contributed by atoms with van der Waals surface area (Å²) < 4.78 is 0. The normalized spacial score (nSPS) is 10.0. The van der Waals surface area contributed by atoms with Gasteiger partial charge in [0.15, 0.2) is 0 Å². The van der Waals surface area contributed by atoms with Gasteiger partial charge in [-0.1, -0.05) is 0 Å². The van der Waals surface area contributed by atoms with Crippen LogP contribution in [0.5, 0.6) is 0 Å². The van der Waals surface area contributed by atoms with E-state index in [-0.39, 0.29) is 11.1 Å². The summed E-state index contributed by atoms with van der Waals surface area (Å²) in [5.41, 5.74) is 1.58. The van der Waals surface area contributed by atoms with Crippen LogP contribution in [0.3, 0.4) is 0 Å². The second-order valence-electron chi connectivity index (χ2n) is 2.67. The van der Waals surface area contributed by atoms with Crippen molar-refractivity contribution in [3.8, 4) is 6.07 Å². The SMILES string of the molecule is N#Cc1c(C(=O)Cl)ccc2[nH]cnc12. The molecule has 0 spiro atoms. The molecule has 0 atom stereocenters. The largest absolute Gasteiger partial charge is 0.345 e. The summed E-state index contributed by atoms with van der Waals surface area (Å²) in [6.45, 7) is 0. The number of aromatic nitrogens is 2. The number of nitrogens with one attached hydrogen (secondary N) is 1. The van der Waals surface area contributed by atoms with E-state index in [1.54, 1.807) is 6.07 Å². The van der Waals surface area contributed by atoms with Crippen LogP contribution in [-0.2, 0) is 0 Å². The topological polar surface area (TPSA) is 69.5 Å². The number of halogens is 1. The van der Waals surface area contributed by atoms with Crippen LogP contribution in [0.15, 0.2) is 18.5 Å². The Morgan fingerprint density at radius 3 is 3.00 bits per heavy atom. The Bertz CT molecular complexity index is 553. The van der Waals surface area contributed by atoms with Gasteiger partial charge in [0.1, 0.15) is 11.6 Å². The molecule has 0 saturated carbocycles. The summed E-state index contributed by atoms with van der Waals surface area (Å²) in [4.78, 5) is 17.8. The number of imidazole rings is 1. The minimum absolute atomic E-state index is 0.189. The zero-order valence-corrected chi connectivity index (χ0v) is 7.67. The fraction of sp³-hybridized carbons (Fsp3) is 0. The standard InChI is InChI=1S/C9H4ClN3O/c10-9(14)5-1-2-7-8(6(5)3-11)13-4-12-7/h1-2,4H,(H,12,13). The summed E-state index contributed by atoms with van der Waals surface area (Å²) in [5.74, 6) is 0. The lowest BCUT2D eigenvalue weighted by atomic mass is 10.1. The number of nitrogens with zero attached hydrogens (tertiary/aromatic N) is 2. The van der Waals surface area contributed by atoms with E-state index in [2.05, 4.69) is 9.97 Å². The van der Waals surface area contributed by atoms with Gasteiger partial charge in [0.05, 0.1) is 23.0 Å². The highest BCUT2D eigenvalue weighted by molar-refractivity contribution is 6.68. The number of rotatable bonds is 1. The first kappa shape index (κ1) is 8.73. The highest BCUT2D eigenvalue weighted by atomic mass is 35.5. The average Bonchev–Trinajstić information content (AvgIpc) is 2.63. The van der Waals surface area contributed by atoms with Gasteiger partial charge in [-0.15, -0.1) is 0 Å². The van der Waals surface area contributed by atoms with Crippen LogP contribution in [0.1, 0.15) is 15.9 Å². The van der Waals surface area contributed by atoms with Crippen LogP contribution in [0.25, 0.3) is 11.0 Å². The van der Waals surface area contributed by atoms with Crippen LogP contribution in [0.4, 0.5) is 0 Å². The molecule has 1 aromatic carbocycles. The van der Waals surface area contributed by atoms with Crippen molar-refractivity contribution in [2.24, 2.45) is 0 Å². The van der Waals surface area contributed by atoms with Crippen molar-refractivity contribution in [3.05, 3.63) is 29.6 Å². The number of aromatic amines is 1. The number of hydrogen-bond donors (Lipinski definition) is 1. The summed E-state index contributed by atoms with van der Waals surface area (Å²) in [6.07, 6.45) is 1.47. The number of hydrogen-bond acceptors (Lipinski definition) is 3. The number of carbonyl (C=O) groups is 1. The number of carbonyl (C=O) groups excluding carboxylic acids is 1. The molecular formula is C9H4ClN3O. The number of nitriles is 1. The Kier molecular flexibility index (Phi) is 1.95. The van der Waals surface area contributed by atoms with Crippen molar-refractivity contribution in [1.29, 1.82) is 5.26 Å². The van der Waals surface area contributed by atoms with E-state index in [1.807, 2.05) is 6.07 Å². The van der Waals surface area contributed by atoms with Gasteiger partial charge in [-0.3, -0.25) is 4.79 Å². The molecule has 14 heavy (non-hydrogen) atoms. The third-order valence-corrected chi connectivity index (χ3v) is 2.12. The van der Waals surface area contributed by atoms with Gasteiger partial charge in [-0.25, -0.2) is 4.98 Å². The van der Waals surface area contributed by atoms with E-state index >= 15 is 0 Å². The van der Waals surface area contributed by atoms with Crippen LogP contribution in [0.2, 0.25) is 0 Å². The molecule has 1 aromatic heterocycles. The van der Waals surface area contributed by atoms with Crippen LogP contribution >= 0.6 is 11.6 Å². The van der Waals surface area contributed by atoms with E-state index in [9.17, 15) is 4.79 Å². The molecule has 1 heterocycles. The first-order chi connectivity index (χ1) is 6.74. The molecule has 0 aliphatic rings. The lowest BCUT2D eigenvalue weighted by Gasteiger charge is -1.97. The molecule has 0 unspecified atom stereocenters. The lowest BCUT2D eigenvalue weighted by molar-refractivity contribution is 0.108. The average molecular weight is 206 g/mol. The molecule has 5 heteroatoms. The van der Waals surface area contributed by atoms with E-state index in [1.165, 1.54) is 12.4 Å². The van der Waals surface area contributed by atoms with Crippen LogP contribution < -0.4 is 0 Å². The highest BCUT2D eigenvalue weighted by Crippen LogP contribution is 2.19. The predicted molar refractivity (Wildman–Crippen MR) is 51.0 cm³/mol. The van der Waals surface area contributed by atoms with Crippen molar-refractivity contribution < 1.29 is 4.79 Å². The Labute approximate surface area is 84.1 Å². The van der Waals surface area contributed by atoms with Crippen molar-refractivity contribution in [1.82, 2.24) is 9.97 Å². The number of H-pyrrole nitrogens is 1. The van der Waals surface area contributed by atoms with Gasteiger partial charge < -0.3 is 4.98 Å². The van der Waals surface area contributed by atoms with Crippen LogP contribution in [-0.4, -0.2) is 15.2 Å². The second kappa shape index (κ2) is 3.13. The zero-order valence-electron chi connectivity index (χ0n) is 6.91. The van der Waals surface area contributed by atoms with E-state index in [0.717, 1.165) is 0 Å². The second-order valence-corrected chi connectivity index (χ2v) is 3.02. The Balaban J connectivity index is 2.87. The quantitative estimate of drug-likeness (QED) is 0.722. The molecule has 0 fully saturated rings. The van der Waals surface area contributed by atoms with Gasteiger partial charge in [-0.2, -0.15) is 5.26 Å². The monoisotopic (exact) mass is 205 g/mol. The zero-order chi connectivity index (χ0) is 10.1. The molecule has 2 rings (SSSR count). The van der Waals surface area contributed by atoms with E-state index in [0.29, 0.717) is 11.0 Å². The molecule has 1 N–H and O–H groups in total. The molecule has 0 amide bonds. The summed E-state index contributed by atoms with van der Waals surface area (Å²) in [5, 5.41) is 8.22. The van der Waals surface area contributed by atoms with Gasteiger partial charge in [0.25, 0.3) is 5.24 Å². The minimum atomic E-state index is -0.647. The third-order valence-electron chi connectivity index (χ3n) is 1.92.